The number of carboxylic acids is 1. The molecule has 228 valence electrons. The average molecular weight is 592 g/mol. The summed E-state index contributed by atoms with van der Waals surface area (Å²) in [6, 6.07) is 17.2. The van der Waals surface area contributed by atoms with Gasteiger partial charge in [0.25, 0.3) is 0 Å². The van der Waals surface area contributed by atoms with Crippen molar-refractivity contribution in [3.05, 3.63) is 76.5 Å². The third-order valence-corrected chi connectivity index (χ3v) is 10.7. The van der Waals surface area contributed by atoms with Crippen molar-refractivity contribution in [2.75, 3.05) is 13.7 Å². The van der Waals surface area contributed by atoms with E-state index in [1.54, 1.807) is 13.3 Å². The van der Waals surface area contributed by atoms with Gasteiger partial charge in [0.05, 0.1) is 18.6 Å². The maximum Gasteiger partial charge on any atom is 0.306 e. The van der Waals surface area contributed by atoms with Crippen LogP contribution in [0.25, 0.3) is 11.1 Å². The lowest BCUT2D eigenvalue weighted by Gasteiger charge is -2.37. The summed E-state index contributed by atoms with van der Waals surface area (Å²) in [6.07, 6.45) is 11.8. The van der Waals surface area contributed by atoms with E-state index in [0.29, 0.717) is 22.9 Å². The Kier molecular flexibility index (Phi) is 7.58. The van der Waals surface area contributed by atoms with Crippen LogP contribution in [0.5, 0.6) is 11.6 Å². The topological polar surface area (TPSA) is 95.7 Å². The molecule has 3 aromatic rings. The van der Waals surface area contributed by atoms with Gasteiger partial charge in [-0.3, -0.25) is 9.69 Å². The van der Waals surface area contributed by atoms with Gasteiger partial charge in [-0.1, -0.05) is 43.7 Å². The highest BCUT2D eigenvalue weighted by atomic mass is 16.5. The predicted octanol–water partition coefficient (Wildman–Crippen LogP) is 7.43. The molecule has 1 unspecified atom stereocenters. The molecule has 0 bridgehead atoms. The molecule has 2 aliphatic heterocycles. The second-order valence-electron chi connectivity index (χ2n) is 13.4. The second kappa shape index (κ2) is 11.6. The Morgan fingerprint density at radius 2 is 1.98 bits per heavy atom. The fourth-order valence-corrected chi connectivity index (χ4v) is 7.79. The van der Waals surface area contributed by atoms with Crippen molar-refractivity contribution < 1.29 is 19.4 Å². The number of nitrogens with zero attached hydrogens (tertiary/aromatic N) is 3. The first kappa shape index (κ1) is 28.9. The van der Waals surface area contributed by atoms with Crippen LogP contribution in [0.4, 0.5) is 0 Å². The van der Waals surface area contributed by atoms with Gasteiger partial charge in [-0.2, -0.15) is 5.26 Å². The van der Waals surface area contributed by atoms with E-state index >= 15 is 0 Å². The van der Waals surface area contributed by atoms with Crippen molar-refractivity contribution in [3.63, 3.8) is 0 Å². The Morgan fingerprint density at radius 3 is 2.70 bits per heavy atom. The minimum absolute atomic E-state index is 0.0126. The zero-order valence-electron chi connectivity index (χ0n) is 25.7. The van der Waals surface area contributed by atoms with Gasteiger partial charge in [0, 0.05) is 29.9 Å². The molecule has 2 saturated carbocycles. The lowest BCUT2D eigenvalue weighted by molar-refractivity contribution is -0.142. The molecule has 3 fully saturated rings. The minimum atomic E-state index is -0.737. The number of benzene rings is 2. The summed E-state index contributed by atoms with van der Waals surface area (Å²) >= 11 is 0. The van der Waals surface area contributed by atoms with Crippen LogP contribution in [-0.4, -0.2) is 40.2 Å². The smallest absolute Gasteiger partial charge is 0.306 e. The first-order valence-electron chi connectivity index (χ1n) is 16.2. The van der Waals surface area contributed by atoms with Gasteiger partial charge in [0.1, 0.15) is 17.9 Å². The van der Waals surface area contributed by atoms with E-state index in [0.717, 1.165) is 66.8 Å². The summed E-state index contributed by atoms with van der Waals surface area (Å²) in [4.78, 5) is 18.9. The van der Waals surface area contributed by atoms with E-state index < -0.39 is 11.9 Å². The first-order valence-corrected chi connectivity index (χ1v) is 16.2. The van der Waals surface area contributed by atoms with Crippen LogP contribution in [0.15, 0.2) is 48.7 Å². The molecule has 7 nitrogen and oxygen atoms in total. The molecule has 7 rings (SSSR count). The number of fused-ring (bicyclic) bond motifs is 1. The SMILES string of the molecule is COc1cc(-c2ccc([C@@H]3CCc4ccc(C(C5CC5)[C@H](C)C(=O)O)cc4O3)cc2CN2CCCCC23CC3)c(C#N)cn1. The van der Waals surface area contributed by atoms with Crippen LogP contribution >= 0.6 is 0 Å². The summed E-state index contributed by atoms with van der Waals surface area (Å²) in [5, 5.41) is 19.8. The maximum atomic E-state index is 11.9. The van der Waals surface area contributed by atoms with Crippen molar-refractivity contribution in [3.8, 4) is 28.8 Å². The Hall–Kier alpha value is -3.89. The molecular formula is C37H41N3O4. The first-order chi connectivity index (χ1) is 21.4. The average Bonchev–Trinajstić information content (AvgIpc) is 3.99. The zero-order chi connectivity index (χ0) is 30.4. The number of hydrogen-bond acceptors (Lipinski definition) is 6. The highest BCUT2D eigenvalue weighted by molar-refractivity contribution is 5.74. The molecule has 7 heteroatoms. The van der Waals surface area contributed by atoms with Crippen molar-refractivity contribution >= 4 is 5.97 Å². The fraction of sp³-hybridized carbons (Fsp3) is 0.486. The van der Waals surface area contributed by atoms with E-state index in [9.17, 15) is 15.2 Å². The second-order valence-corrected chi connectivity index (χ2v) is 13.4. The van der Waals surface area contributed by atoms with Crippen LogP contribution in [-0.2, 0) is 17.8 Å². The molecule has 1 N–H and O–H groups in total. The molecule has 4 aliphatic rings. The van der Waals surface area contributed by atoms with Crippen molar-refractivity contribution in [1.82, 2.24) is 9.88 Å². The highest BCUT2D eigenvalue weighted by Crippen LogP contribution is 2.50. The summed E-state index contributed by atoms with van der Waals surface area (Å²) < 4.78 is 12.2. The van der Waals surface area contributed by atoms with Gasteiger partial charge in [-0.25, -0.2) is 4.98 Å². The Balaban J connectivity index is 1.23. The minimum Gasteiger partial charge on any atom is -0.485 e. The molecule has 3 atom stereocenters. The van der Waals surface area contributed by atoms with Crippen LogP contribution < -0.4 is 9.47 Å². The van der Waals surface area contributed by atoms with E-state index in [1.165, 1.54) is 43.2 Å². The lowest BCUT2D eigenvalue weighted by atomic mass is 9.82. The number of nitriles is 1. The quantitative estimate of drug-likeness (QED) is 0.276. The highest BCUT2D eigenvalue weighted by Gasteiger charge is 2.48. The number of aliphatic carboxylic acids is 1. The van der Waals surface area contributed by atoms with E-state index in [1.807, 2.05) is 13.0 Å². The van der Waals surface area contributed by atoms with Gasteiger partial charge >= 0.3 is 5.97 Å². The number of hydrogen-bond donors (Lipinski definition) is 1. The number of likely N-dealkylation sites (tertiary alicyclic amines) is 1. The van der Waals surface area contributed by atoms with Crippen LogP contribution in [0.2, 0.25) is 0 Å². The molecule has 2 aromatic carbocycles. The molecule has 0 amide bonds. The summed E-state index contributed by atoms with van der Waals surface area (Å²) in [5.74, 6) is 0.660. The fourth-order valence-electron chi connectivity index (χ4n) is 7.79. The Morgan fingerprint density at radius 1 is 1.14 bits per heavy atom. The molecule has 44 heavy (non-hydrogen) atoms. The van der Waals surface area contributed by atoms with Crippen molar-refractivity contribution in [1.29, 1.82) is 5.26 Å². The molecular weight excluding hydrogens is 550 g/mol. The summed E-state index contributed by atoms with van der Waals surface area (Å²) in [7, 11) is 1.60. The van der Waals surface area contributed by atoms with Crippen LogP contribution in [0.1, 0.15) is 98.1 Å². The molecule has 3 heterocycles. The lowest BCUT2D eigenvalue weighted by Crippen LogP contribution is -2.40. The van der Waals surface area contributed by atoms with E-state index in [-0.39, 0.29) is 12.0 Å². The van der Waals surface area contributed by atoms with E-state index in [2.05, 4.69) is 52.4 Å². The zero-order valence-corrected chi connectivity index (χ0v) is 25.7. The number of pyridine rings is 1. The summed E-state index contributed by atoms with van der Waals surface area (Å²) in [5.41, 5.74) is 7.37. The van der Waals surface area contributed by atoms with Crippen molar-refractivity contribution in [2.45, 2.75) is 88.8 Å². The largest absolute Gasteiger partial charge is 0.485 e. The van der Waals surface area contributed by atoms with Gasteiger partial charge in [0.15, 0.2) is 0 Å². The summed E-state index contributed by atoms with van der Waals surface area (Å²) in [6.45, 7) is 3.77. The van der Waals surface area contributed by atoms with Crippen LogP contribution in [0, 0.1) is 23.2 Å². The number of carboxylic acid groups (broad SMARTS) is 1. The van der Waals surface area contributed by atoms with Gasteiger partial charge in [-0.15, -0.1) is 0 Å². The predicted molar refractivity (Wildman–Crippen MR) is 168 cm³/mol. The molecule has 1 saturated heterocycles. The standard InChI is InChI=1S/C37H41N3O4/c1-23(36(41)42)35(25-6-7-25)27-8-5-24-10-12-32(44-33(24)18-27)26-9-11-30(31-19-34(43-2)39-21-29(31)20-38)28(17-26)22-40-16-4-3-13-37(40)14-15-37/h5,8-9,11,17-19,21,23,25,32,35H,3-4,6-7,10,12-16,22H2,1-2H3,(H,41,42)/t23-,32-,35?/m0/s1. The van der Waals surface area contributed by atoms with E-state index in [4.69, 9.17) is 9.47 Å². The third kappa shape index (κ3) is 5.45. The molecule has 1 aromatic heterocycles. The van der Waals surface area contributed by atoms with Crippen molar-refractivity contribution in [2.24, 2.45) is 11.8 Å². The number of aryl methyl sites for hydroxylation is 1. The number of methoxy groups -OCH3 is 1. The third-order valence-electron chi connectivity index (χ3n) is 10.7. The van der Waals surface area contributed by atoms with Gasteiger partial charge < -0.3 is 14.6 Å². The number of rotatable bonds is 9. The number of piperidine rings is 1. The number of carbonyl (C=O) groups is 1. The number of aromatic nitrogens is 1. The van der Waals surface area contributed by atoms with Gasteiger partial charge in [0.2, 0.25) is 5.88 Å². The van der Waals surface area contributed by atoms with Crippen LogP contribution in [0.3, 0.4) is 0 Å². The Labute approximate surface area is 259 Å². The number of ether oxygens (including phenoxy) is 2. The molecule has 2 aliphatic carbocycles. The van der Waals surface area contributed by atoms with Gasteiger partial charge in [-0.05, 0) is 104 Å². The molecule has 0 radical (unpaired) electrons. The normalized spacial score (nSPS) is 21.9. The maximum absolute atomic E-state index is 11.9. The Bertz CT molecular complexity index is 1620. The monoisotopic (exact) mass is 591 g/mol. The molecule has 1 spiro atoms.